The average Bonchev–Trinajstić information content (AvgIpc) is 2.89. The Balaban J connectivity index is 1.21. The number of hydrogen-bond donors (Lipinski definition) is 1. The zero-order chi connectivity index (χ0) is 23.5. The van der Waals surface area contributed by atoms with Crippen LogP contribution in [0.15, 0.2) is 66.7 Å². The fourth-order valence-corrected chi connectivity index (χ4v) is 4.44. The number of nitrogens with one attached hydrogen (secondary N) is 1. The molecular formula is C26H24ClN3O4. The number of benzene rings is 3. The van der Waals surface area contributed by atoms with E-state index in [0.29, 0.717) is 72.7 Å². The number of fused-ring (bicyclic) bond motifs is 1. The Kier molecular flexibility index (Phi) is 6.27. The summed E-state index contributed by atoms with van der Waals surface area (Å²) in [5.41, 5.74) is 2.66. The van der Waals surface area contributed by atoms with Gasteiger partial charge in [-0.15, -0.1) is 0 Å². The maximum atomic E-state index is 12.7. The molecule has 34 heavy (non-hydrogen) atoms. The highest BCUT2D eigenvalue weighted by molar-refractivity contribution is 6.33. The van der Waals surface area contributed by atoms with Gasteiger partial charge >= 0.3 is 0 Å². The lowest BCUT2D eigenvalue weighted by Crippen LogP contribution is -2.48. The van der Waals surface area contributed by atoms with E-state index in [2.05, 4.69) is 10.2 Å². The van der Waals surface area contributed by atoms with Gasteiger partial charge in [0.2, 0.25) is 0 Å². The topological polar surface area (TPSA) is 71.1 Å². The van der Waals surface area contributed by atoms with E-state index in [9.17, 15) is 9.59 Å². The van der Waals surface area contributed by atoms with E-state index in [0.717, 1.165) is 5.69 Å². The van der Waals surface area contributed by atoms with Crippen LogP contribution in [-0.4, -0.2) is 56.1 Å². The number of anilines is 2. The van der Waals surface area contributed by atoms with E-state index >= 15 is 0 Å². The first kappa shape index (κ1) is 22.1. The molecule has 174 valence electrons. The molecule has 0 spiro atoms. The van der Waals surface area contributed by atoms with Crippen molar-refractivity contribution in [2.45, 2.75) is 0 Å². The van der Waals surface area contributed by atoms with Gasteiger partial charge < -0.3 is 24.6 Å². The van der Waals surface area contributed by atoms with E-state index in [1.54, 1.807) is 24.3 Å². The molecule has 0 unspecified atom stereocenters. The average molecular weight is 478 g/mol. The summed E-state index contributed by atoms with van der Waals surface area (Å²) in [6.45, 7) is 3.56. The summed E-state index contributed by atoms with van der Waals surface area (Å²) >= 11 is 6.57. The fraction of sp³-hybridized carbons (Fsp3) is 0.231. The number of piperazine rings is 1. The van der Waals surface area contributed by atoms with Crippen molar-refractivity contribution in [2.24, 2.45) is 0 Å². The van der Waals surface area contributed by atoms with Crippen molar-refractivity contribution in [3.8, 4) is 11.5 Å². The number of rotatable bonds is 4. The van der Waals surface area contributed by atoms with Crippen molar-refractivity contribution < 1.29 is 19.1 Å². The third-order valence-corrected chi connectivity index (χ3v) is 6.24. The Bertz CT molecular complexity index is 1210. The third-order valence-electron chi connectivity index (χ3n) is 5.94. The number of halogens is 1. The van der Waals surface area contributed by atoms with E-state index in [4.69, 9.17) is 21.1 Å². The second-order valence-corrected chi connectivity index (χ2v) is 8.53. The summed E-state index contributed by atoms with van der Waals surface area (Å²) in [4.78, 5) is 29.4. The zero-order valence-electron chi connectivity index (χ0n) is 18.5. The van der Waals surface area contributed by atoms with E-state index in [1.807, 2.05) is 47.4 Å². The lowest BCUT2D eigenvalue weighted by atomic mass is 10.1. The molecule has 1 fully saturated rings. The Morgan fingerprint density at radius 2 is 1.53 bits per heavy atom. The number of amides is 2. The first-order valence-corrected chi connectivity index (χ1v) is 11.6. The van der Waals surface area contributed by atoms with Crippen LogP contribution in [0.2, 0.25) is 5.02 Å². The van der Waals surface area contributed by atoms with Gasteiger partial charge in [0.05, 0.1) is 10.7 Å². The largest absolute Gasteiger partial charge is 0.486 e. The molecule has 0 radical (unpaired) electrons. The zero-order valence-corrected chi connectivity index (χ0v) is 19.3. The molecule has 2 aliphatic rings. The molecule has 0 aromatic heterocycles. The molecule has 0 saturated carbocycles. The number of hydrogen-bond acceptors (Lipinski definition) is 5. The summed E-state index contributed by atoms with van der Waals surface area (Å²) in [5, 5.41) is 3.43. The molecule has 1 saturated heterocycles. The monoisotopic (exact) mass is 477 g/mol. The van der Waals surface area contributed by atoms with Crippen LogP contribution < -0.4 is 19.7 Å². The Hall–Kier alpha value is -3.71. The highest BCUT2D eigenvalue weighted by atomic mass is 35.5. The minimum Gasteiger partial charge on any atom is -0.486 e. The number of ether oxygens (including phenoxy) is 2. The number of carbonyl (C=O) groups is 2. The predicted molar refractivity (Wildman–Crippen MR) is 131 cm³/mol. The van der Waals surface area contributed by atoms with Crippen LogP contribution in [0, 0.1) is 0 Å². The standard InChI is InChI=1S/C26H24ClN3O4/c27-21-17-20(28-25(31)19-6-9-23-24(16-19)34-15-14-33-23)7-8-22(21)29-10-12-30(13-11-29)26(32)18-4-2-1-3-5-18/h1-9,16-17H,10-15H2,(H,28,31). The van der Waals surface area contributed by atoms with Crippen molar-refractivity contribution >= 4 is 34.8 Å². The first-order valence-electron chi connectivity index (χ1n) is 11.2. The minimum absolute atomic E-state index is 0.0450. The normalized spacial score (nSPS) is 15.1. The second-order valence-electron chi connectivity index (χ2n) is 8.12. The van der Waals surface area contributed by atoms with Gasteiger partial charge in [0.25, 0.3) is 11.8 Å². The lowest BCUT2D eigenvalue weighted by Gasteiger charge is -2.36. The summed E-state index contributed by atoms with van der Waals surface area (Å²) in [6, 6.07) is 19.9. The van der Waals surface area contributed by atoms with Crippen molar-refractivity contribution in [1.29, 1.82) is 0 Å². The minimum atomic E-state index is -0.256. The summed E-state index contributed by atoms with van der Waals surface area (Å²) < 4.78 is 11.1. The molecule has 2 heterocycles. The summed E-state index contributed by atoms with van der Waals surface area (Å²) in [6.07, 6.45) is 0. The molecule has 7 nitrogen and oxygen atoms in total. The van der Waals surface area contributed by atoms with E-state index in [1.165, 1.54) is 0 Å². The maximum absolute atomic E-state index is 12.7. The van der Waals surface area contributed by atoms with Gasteiger partial charge in [-0.2, -0.15) is 0 Å². The predicted octanol–water partition coefficient (Wildman–Crippen LogP) is 4.33. The second kappa shape index (κ2) is 9.65. The van der Waals surface area contributed by atoms with Crippen molar-refractivity contribution in [1.82, 2.24) is 4.90 Å². The Morgan fingerprint density at radius 1 is 0.794 bits per heavy atom. The lowest BCUT2D eigenvalue weighted by molar-refractivity contribution is 0.0746. The van der Waals surface area contributed by atoms with Gasteiger partial charge in [0, 0.05) is 43.0 Å². The van der Waals surface area contributed by atoms with Gasteiger partial charge in [0.1, 0.15) is 13.2 Å². The van der Waals surface area contributed by atoms with Crippen molar-refractivity contribution in [3.63, 3.8) is 0 Å². The van der Waals surface area contributed by atoms with Crippen LogP contribution >= 0.6 is 11.6 Å². The van der Waals surface area contributed by atoms with Gasteiger partial charge in [-0.3, -0.25) is 9.59 Å². The number of nitrogens with zero attached hydrogens (tertiary/aromatic N) is 2. The molecule has 0 bridgehead atoms. The van der Waals surface area contributed by atoms with Crippen LogP contribution in [0.5, 0.6) is 11.5 Å². The van der Waals surface area contributed by atoms with Crippen LogP contribution in [0.1, 0.15) is 20.7 Å². The quantitative estimate of drug-likeness (QED) is 0.605. The SMILES string of the molecule is O=C(Nc1ccc(N2CCN(C(=O)c3ccccc3)CC2)c(Cl)c1)c1ccc2c(c1)OCCO2. The van der Waals surface area contributed by atoms with Gasteiger partial charge in [0.15, 0.2) is 11.5 Å². The molecule has 1 N–H and O–H groups in total. The van der Waals surface area contributed by atoms with Crippen molar-refractivity contribution in [2.75, 3.05) is 49.6 Å². The van der Waals surface area contributed by atoms with Gasteiger partial charge in [-0.1, -0.05) is 29.8 Å². The highest BCUT2D eigenvalue weighted by Crippen LogP contribution is 2.32. The fourth-order valence-electron chi connectivity index (χ4n) is 4.14. The Morgan fingerprint density at radius 3 is 2.26 bits per heavy atom. The first-order chi connectivity index (χ1) is 16.6. The van der Waals surface area contributed by atoms with E-state index in [-0.39, 0.29) is 11.8 Å². The number of carbonyl (C=O) groups excluding carboxylic acids is 2. The Labute approximate surface area is 202 Å². The maximum Gasteiger partial charge on any atom is 0.255 e. The molecule has 0 atom stereocenters. The summed E-state index contributed by atoms with van der Waals surface area (Å²) in [7, 11) is 0. The van der Waals surface area contributed by atoms with Crippen molar-refractivity contribution in [3.05, 3.63) is 82.9 Å². The molecule has 8 heteroatoms. The smallest absolute Gasteiger partial charge is 0.255 e. The molecule has 5 rings (SSSR count). The van der Waals surface area contributed by atoms with Gasteiger partial charge in [-0.25, -0.2) is 0 Å². The van der Waals surface area contributed by atoms with Crippen LogP contribution in [0.4, 0.5) is 11.4 Å². The van der Waals surface area contributed by atoms with Crippen LogP contribution in [0.25, 0.3) is 0 Å². The van der Waals surface area contributed by atoms with Crippen LogP contribution in [0.3, 0.4) is 0 Å². The van der Waals surface area contributed by atoms with Gasteiger partial charge in [-0.05, 0) is 48.5 Å². The van der Waals surface area contributed by atoms with Crippen LogP contribution in [-0.2, 0) is 0 Å². The third kappa shape index (κ3) is 4.65. The summed E-state index contributed by atoms with van der Waals surface area (Å²) in [5.74, 6) is 0.996. The van der Waals surface area contributed by atoms with E-state index < -0.39 is 0 Å². The molecular weight excluding hydrogens is 454 g/mol. The molecule has 3 aromatic rings. The molecule has 2 amide bonds. The highest BCUT2D eigenvalue weighted by Gasteiger charge is 2.23. The molecule has 0 aliphatic carbocycles. The molecule has 2 aliphatic heterocycles. The molecule has 3 aromatic carbocycles.